The van der Waals surface area contributed by atoms with E-state index in [2.05, 4.69) is 10.6 Å². The molecular formula is C21H18ClFN2O2. The minimum atomic E-state index is -0.530. The molecule has 0 aliphatic carbocycles. The Hall–Kier alpha value is -3.05. The van der Waals surface area contributed by atoms with Gasteiger partial charge in [-0.1, -0.05) is 54.1 Å². The van der Waals surface area contributed by atoms with E-state index < -0.39 is 5.82 Å². The van der Waals surface area contributed by atoms with Crippen molar-refractivity contribution < 1.29 is 13.9 Å². The monoisotopic (exact) mass is 384 g/mol. The molecule has 6 heteroatoms. The molecular weight excluding hydrogens is 367 g/mol. The zero-order valence-corrected chi connectivity index (χ0v) is 15.2. The van der Waals surface area contributed by atoms with Crippen LogP contribution in [0.4, 0.5) is 15.8 Å². The van der Waals surface area contributed by atoms with Crippen molar-refractivity contribution >= 4 is 28.9 Å². The molecule has 1 amide bonds. The molecule has 0 radical (unpaired) electrons. The second-order valence-corrected chi connectivity index (χ2v) is 6.21. The predicted octanol–water partition coefficient (Wildman–Crippen LogP) is 5.11. The van der Waals surface area contributed by atoms with Crippen molar-refractivity contribution in [2.24, 2.45) is 0 Å². The molecule has 3 aromatic carbocycles. The summed E-state index contributed by atoms with van der Waals surface area (Å²) in [6, 6.07) is 21.2. The highest BCUT2D eigenvalue weighted by atomic mass is 35.5. The topological polar surface area (TPSA) is 50.4 Å². The van der Waals surface area contributed by atoms with Crippen molar-refractivity contribution in [3.05, 3.63) is 89.2 Å². The van der Waals surface area contributed by atoms with Crippen LogP contribution in [0, 0.1) is 5.82 Å². The number of hydrogen-bond acceptors (Lipinski definition) is 3. The third-order valence-electron chi connectivity index (χ3n) is 3.77. The maximum atomic E-state index is 13.2. The number of nitrogens with one attached hydrogen (secondary N) is 2. The van der Waals surface area contributed by atoms with Crippen LogP contribution in [0.15, 0.2) is 72.8 Å². The lowest BCUT2D eigenvalue weighted by atomic mass is 10.2. The van der Waals surface area contributed by atoms with Gasteiger partial charge >= 0.3 is 0 Å². The number of para-hydroxylation sites is 2. The van der Waals surface area contributed by atoms with Crippen LogP contribution in [0.3, 0.4) is 0 Å². The van der Waals surface area contributed by atoms with Crippen LogP contribution in [0.25, 0.3) is 0 Å². The number of carbonyl (C=O) groups is 1. The lowest BCUT2D eigenvalue weighted by molar-refractivity contribution is -0.114. The Bertz CT molecular complexity index is 919. The molecule has 4 nitrogen and oxygen atoms in total. The molecule has 3 rings (SSSR count). The average molecular weight is 385 g/mol. The van der Waals surface area contributed by atoms with Crippen LogP contribution >= 0.6 is 11.6 Å². The lowest BCUT2D eigenvalue weighted by Crippen LogP contribution is -2.22. The van der Waals surface area contributed by atoms with Gasteiger partial charge in [0.1, 0.15) is 18.2 Å². The Morgan fingerprint density at radius 3 is 2.52 bits per heavy atom. The van der Waals surface area contributed by atoms with Crippen molar-refractivity contribution in [2.45, 2.75) is 6.61 Å². The second-order valence-electron chi connectivity index (χ2n) is 5.80. The summed E-state index contributed by atoms with van der Waals surface area (Å²) in [6.45, 7) is 0.459. The third-order valence-corrected chi connectivity index (χ3v) is 4.06. The first kappa shape index (κ1) is 18.7. The summed E-state index contributed by atoms with van der Waals surface area (Å²) in [5, 5.41) is 5.67. The van der Waals surface area contributed by atoms with Gasteiger partial charge in [-0.3, -0.25) is 4.79 Å². The van der Waals surface area contributed by atoms with Gasteiger partial charge in [0, 0.05) is 5.69 Å². The predicted molar refractivity (Wildman–Crippen MR) is 106 cm³/mol. The Balaban J connectivity index is 1.57. The number of ether oxygens (including phenoxy) is 1. The first-order chi connectivity index (χ1) is 13.1. The minimum Gasteiger partial charge on any atom is -0.487 e. The molecule has 0 unspecified atom stereocenters. The van der Waals surface area contributed by atoms with Crippen LogP contribution in [0.1, 0.15) is 5.56 Å². The maximum absolute atomic E-state index is 13.2. The molecule has 0 saturated carbocycles. The molecule has 138 valence electrons. The largest absolute Gasteiger partial charge is 0.487 e. The number of amides is 1. The SMILES string of the molecule is O=C(CNc1ccccc1OCc1ccccc1)Nc1ccc(F)c(Cl)c1. The van der Waals surface area contributed by atoms with Crippen molar-refractivity contribution in [3.8, 4) is 5.75 Å². The average Bonchev–Trinajstić information content (AvgIpc) is 2.69. The number of anilines is 2. The fourth-order valence-corrected chi connectivity index (χ4v) is 2.61. The molecule has 0 fully saturated rings. The van der Waals surface area contributed by atoms with Gasteiger partial charge in [-0.2, -0.15) is 0 Å². The quantitative estimate of drug-likeness (QED) is 0.595. The number of halogens is 2. The standard InChI is InChI=1S/C21H18ClFN2O2/c22-17-12-16(10-11-18(17)23)25-21(26)13-24-19-8-4-5-9-20(19)27-14-15-6-2-1-3-7-15/h1-12,24H,13-14H2,(H,25,26). The zero-order valence-electron chi connectivity index (χ0n) is 14.4. The van der Waals surface area contributed by atoms with E-state index in [0.717, 1.165) is 5.56 Å². The van der Waals surface area contributed by atoms with Gasteiger partial charge in [-0.25, -0.2) is 4.39 Å². The Labute approximate surface area is 161 Å². The van der Waals surface area contributed by atoms with Crippen LogP contribution < -0.4 is 15.4 Å². The minimum absolute atomic E-state index is 0.0285. The molecule has 0 aromatic heterocycles. The Morgan fingerprint density at radius 2 is 1.74 bits per heavy atom. The Morgan fingerprint density at radius 1 is 1.00 bits per heavy atom. The fraction of sp³-hybridized carbons (Fsp3) is 0.0952. The van der Waals surface area contributed by atoms with Crippen LogP contribution in [-0.4, -0.2) is 12.5 Å². The summed E-state index contributed by atoms with van der Waals surface area (Å²) in [7, 11) is 0. The van der Waals surface area contributed by atoms with Crippen LogP contribution in [0.2, 0.25) is 5.02 Å². The molecule has 0 atom stereocenters. The van der Waals surface area contributed by atoms with E-state index in [4.69, 9.17) is 16.3 Å². The maximum Gasteiger partial charge on any atom is 0.243 e. The first-order valence-electron chi connectivity index (χ1n) is 8.36. The number of benzene rings is 3. The normalized spacial score (nSPS) is 10.3. The number of rotatable bonds is 7. The van der Waals surface area contributed by atoms with Crippen LogP contribution in [-0.2, 0) is 11.4 Å². The smallest absolute Gasteiger partial charge is 0.243 e. The van der Waals surface area contributed by atoms with Gasteiger partial charge in [-0.05, 0) is 35.9 Å². The summed E-state index contributed by atoms with van der Waals surface area (Å²) in [4.78, 5) is 12.1. The van der Waals surface area contributed by atoms with Gasteiger partial charge in [0.2, 0.25) is 5.91 Å². The molecule has 0 aliphatic heterocycles. The summed E-state index contributed by atoms with van der Waals surface area (Å²) < 4.78 is 19.0. The highest BCUT2D eigenvalue weighted by Gasteiger charge is 2.08. The van der Waals surface area contributed by atoms with E-state index in [1.165, 1.54) is 18.2 Å². The van der Waals surface area contributed by atoms with E-state index in [0.29, 0.717) is 23.7 Å². The summed E-state index contributed by atoms with van der Waals surface area (Å²) in [5.41, 5.74) is 2.20. The van der Waals surface area contributed by atoms with E-state index in [1.807, 2.05) is 54.6 Å². The number of hydrogen-bond donors (Lipinski definition) is 2. The van der Waals surface area contributed by atoms with E-state index in [-0.39, 0.29) is 17.5 Å². The van der Waals surface area contributed by atoms with Gasteiger partial charge in [-0.15, -0.1) is 0 Å². The Kier molecular flexibility index (Phi) is 6.28. The lowest BCUT2D eigenvalue weighted by Gasteiger charge is -2.13. The van der Waals surface area contributed by atoms with Gasteiger partial charge in [0.05, 0.1) is 17.3 Å². The molecule has 0 aliphatic rings. The molecule has 2 N–H and O–H groups in total. The van der Waals surface area contributed by atoms with E-state index in [1.54, 1.807) is 0 Å². The molecule has 0 saturated heterocycles. The second kappa shape index (κ2) is 9.05. The summed E-state index contributed by atoms with van der Waals surface area (Å²) in [5.74, 6) is -0.160. The molecule has 3 aromatic rings. The van der Waals surface area contributed by atoms with Gasteiger partial charge in [0.15, 0.2) is 0 Å². The van der Waals surface area contributed by atoms with Crippen LogP contribution in [0.5, 0.6) is 5.75 Å². The van der Waals surface area contributed by atoms with Gasteiger partial charge in [0.25, 0.3) is 0 Å². The summed E-state index contributed by atoms with van der Waals surface area (Å²) >= 11 is 5.72. The fourth-order valence-electron chi connectivity index (χ4n) is 2.43. The third kappa shape index (κ3) is 5.46. The van der Waals surface area contributed by atoms with Crippen molar-refractivity contribution in [1.29, 1.82) is 0 Å². The van der Waals surface area contributed by atoms with E-state index >= 15 is 0 Å². The summed E-state index contributed by atoms with van der Waals surface area (Å²) in [6.07, 6.45) is 0. The van der Waals surface area contributed by atoms with E-state index in [9.17, 15) is 9.18 Å². The molecule has 0 bridgehead atoms. The van der Waals surface area contributed by atoms with Gasteiger partial charge < -0.3 is 15.4 Å². The number of carbonyl (C=O) groups excluding carboxylic acids is 1. The molecule has 0 spiro atoms. The van der Waals surface area contributed by atoms with Crippen molar-refractivity contribution in [1.82, 2.24) is 0 Å². The highest BCUT2D eigenvalue weighted by molar-refractivity contribution is 6.31. The highest BCUT2D eigenvalue weighted by Crippen LogP contribution is 2.25. The van der Waals surface area contributed by atoms with Crippen molar-refractivity contribution in [3.63, 3.8) is 0 Å². The molecule has 27 heavy (non-hydrogen) atoms. The van der Waals surface area contributed by atoms with Crippen molar-refractivity contribution in [2.75, 3.05) is 17.2 Å². The first-order valence-corrected chi connectivity index (χ1v) is 8.74. The zero-order chi connectivity index (χ0) is 19.1. The molecule has 0 heterocycles.